The molecule has 0 aliphatic rings. The third kappa shape index (κ3) is 5.47. The van der Waals surface area contributed by atoms with E-state index in [0.717, 1.165) is 25.9 Å². The molecule has 0 unspecified atom stereocenters. The molecule has 0 saturated carbocycles. The van der Waals surface area contributed by atoms with E-state index in [1.165, 1.54) is 0 Å². The highest BCUT2D eigenvalue weighted by atomic mass is 16.5. The Morgan fingerprint density at radius 2 is 1.88 bits per heavy atom. The second-order valence-electron chi connectivity index (χ2n) is 4.10. The minimum Gasteiger partial charge on any atom is -0.381 e. The number of hydrogen-bond acceptors (Lipinski definition) is 3. The Kier molecular flexibility index (Phi) is 8.21. The lowest BCUT2D eigenvalue weighted by molar-refractivity contribution is -0.124. The maximum absolute atomic E-state index is 11.7. The molecule has 0 atom stereocenters. The Morgan fingerprint density at radius 1 is 1.25 bits per heavy atom. The summed E-state index contributed by atoms with van der Waals surface area (Å²) in [7, 11) is 0. The summed E-state index contributed by atoms with van der Waals surface area (Å²) in [5.41, 5.74) is 5.47. The third-order valence-electron chi connectivity index (χ3n) is 2.97. The quantitative estimate of drug-likeness (QED) is 0.589. The van der Waals surface area contributed by atoms with E-state index in [-0.39, 0.29) is 11.4 Å². The smallest absolute Gasteiger partial charge is 0.222 e. The maximum atomic E-state index is 11.7. The van der Waals surface area contributed by atoms with E-state index in [4.69, 9.17) is 10.5 Å². The standard InChI is InChI=1S/C12H26N2O2/c1-4-8-16-9-7-11(15)14-12(5-2,6-3)10-13/h4-10,13H2,1-3H3,(H,14,15). The number of carbonyl (C=O) groups excluding carboxylic acids is 1. The second-order valence-corrected chi connectivity index (χ2v) is 4.10. The average molecular weight is 230 g/mol. The number of amides is 1. The molecule has 0 bridgehead atoms. The van der Waals surface area contributed by atoms with Crippen LogP contribution < -0.4 is 11.1 Å². The van der Waals surface area contributed by atoms with E-state index in [1.807, 2.05) is 20.8 Å². The van der Waals surface area contributed by atoms with Crippen LogP contribution in [-0.2, 0) is 9.53 Å². The summed E-state index contributed by atoms with van der Waals surface area (Å²) in [5.74, 6) is 0.0326. The van der Waals surface area contributed by atoms with Gasteiger partial charge in [0.1, 0.15) is 0 Å². The van der Waals surface area contributed by atoms with Gasteiger partial charge in [-0.05, 0) is 19.3 Å². The fraction of sp³-hybridized carbons (Fsp3) is 0.917. The van der Waals surface area contributed by atoms with Gasteiger partial charge in [-0.3, -0.25) is 4.79 Å². The van der Waals surface area contributed by atoms with Crippen molar-refractivity contribution in [2.75, 3.05) is 19.8 Å². The molecule has 0 rings (SSSR count). The normalized spacial score (nSPS) is 11.5. The van der Waals surface area contributed by atoms with Crippen molar-refractivity contribution < 1.29 is 9.53 Å². The molecule has 0 aliphatic carbocycles. The first-order valence-corrected chi connectivity index (χ1v) is 6.23. The molecule has 0 radical (unpaired) electrons. The highest BCUT2D eigenvalue weighted by Crippen LogP contribution is 2.13. The van der Waals surface area contributed by atoms with Gasteiger partial charge in [-0.15, -0.1) is 0 Å². The fourth-order valence-corrected chi connectivity index (χ4v) is 1.54. The van der Waals surface area contributed by atoms with Crippen LogP contribution in [0.25, 0.3) is 0 Å². The van der Waals surface area contributed by atoms with E-state index in [9.17, 15) is 4.79 Å². The van der Waals surface area contributed by atoms with Gasteiger partial charge in [-0.2, -0.15) is 0 Å². The molecular weight excluding hydrogens is 204 g/mol. The number of rotatable bonds is 9. The molecule has 0 spiro atoms. The summed E-state index contributed by atoms with van der Waals surface area (Å²) < 4.78 is 5.28. The van der Waals surface area contributed by atoms with Crippen LogP contribution in [0.3, 0.4) is 0 Å². The van der Waals surface area contributed by atoms with Gasteiger partial charge in [0.05, 0.1) is 12.1 Å². The van der Waals surface area contributed by atoms with Crippen LogP contribution in [0.4, 0.5) is 0 Å². The monoisotopic (exact) mass is 230 g/mol. The van der Waals surface area contributed by atoms with Crippen LogP contribution >= 0.6 is 0 Å². The van der Waals surface area contributed by atoms with Gasteiger partial charge in [0.25, 0.3) is 0 Å². The van der Waals surface area contributed by atoms with Crippen molar-refractivity contribution >= 4 is 5.91 Å². The van der Waals surface area contributed by atoms with Crippen molar-refractivity contribution in [3.63, 3.8) is 0 Å². The largest absolute Gasteiger partial charge is 0.381 e. The first-order chi connectivity index (χ1) is 7.64. The van der Waals surface area contributed by atoms with Gasteiger partial charge < -0.3 is 15.8 Å². The van der Waals surface area contributed by atoms with Gasteiger partial charge >= 0.3 is 0 Å². The summed E-state index contributed by atoms with van der Waals surface area (Å²) in [6, 6.07) is 0. The van der Waals surface area contributed by atoms with E-state index in [0.29, 0.717) is 19.6 Å². The van der Waals surface area contributed by atoms with E-state index >= 15 is 0 Å². The average Bonchev–Trinajstić information content (AvgIpc) is 2.32. The van der Waals surface area contributed by atoms with Crippen molar-refractivity contribution in [1.29, 1.82) is 0 Å². The first kappa shape index (κ1) is 15.4. The molecule has 16 heavy (non-hydrogen) atoms. The molecule has 0 aliphatic heterocycles. The van der Waals surface area contributed by atoms with Crippen LogP contribution in [0.5, 0.6) is 0 Å². The van der Waals surface area contributed by atoms with E-state index in [2.05, 4.69) is 5.32 Å². The number of carbonyl (C=O) groups is 1. The Balaban J connectivity index is 3.91. The summed E-state index contributed by atoms with van der Waals surface area (Å²) in [5, 5.41) is 3.01. The van der Waals surface area contributed by atoms with Gasteiger partial charge in [0.2, 0.25) is 5.91 Å². The van der Waals surface area contributed by atoms with Crippen LogP contribution in [0.15, 0.2) is 0 Å². The molecule has 3 N–H and O–H groups in total. The van der Waals surface area contributed by atoms with Gasteiger partial charge in [-0.1, -0.05) is 20.8 Å². The molecule has 4 nitrogen and oxygen atoms in total. The number of hydrogen-bond donors (Lipinski definition) is 2. The van der Waals surface area contributed by atoms with Crippen molar-refractivity contribution in [2.24, 2.45) is 5.73 Å². The molecule has 0 aromatic rings. The summed E-state index contributed by atoms with van der Waals surface area (Å²) in [6.07, 6.45) is 3.13. The first-order valence-electron chi connectivity index (χ1n) is 6.23. The molecule has 0 aromatic heterocycles. The lowest BCUT2D eigenvalue weighted by atomic mass is 9.93. The Labute approximate surface area is 98.9 Å². The maximum Gasteiger partial charge on any atom is 0.222 e. The number of ether oxygens (including phenoxy) is 1. The zero-order valence-electron chi connectivity index (χ0n) is 10.8. The predicted octanol–water partition coefficient (Wildman–Crippen LogP) is 1.44. The predicted molar refractivity (Wildman–Crippen MR) is 66.2 cm³/mol. The SMILES string of the molecule is CCCOCCC(=O)NC(CC)(CC)CN. The summed E-state index contributed by atoms with van der Waals surface area (Å²) >= 11 is 0. The lowest BCUT2D eigenvalue weighted by Gasteiger charge is -2.31. The van der Waals surface area contributed by atoms with Gasteiger partial charge in [0, 0.05) is 19.6 Å². The highest BCUT2D eigenvalue weighted by Gasteiger charge is 2.25. The zero-order chi connectivity index (χ0) is 12.4. The molecular formula is C12H26N2O2. The molecule has 0 aromatic carbocycles. The second kappa shape index (κ2) is 8.53. The lowest BCUT2D eigenvalue weighted by Crippen LogP contribution is -2.53. The molecule has 0 heterocycles. The molecule has 0 saturated heterocycles. The molecule has 4 heteroatoms. The zero-order valence-corrected chi connectivity index (χ0v) is 10.8. The van der Waals surface area contributed by atoms with Gasteiger partial charge in [0.15, 0.2) is 0 Å². The molecule has 96 valence electrons. The topological polar surface area (TPSA) is 64.3 Å². The Bertz CT molecular complexity index is 183. The molecule has 1 amide bonds. The Morgan fingerprint density at radius 3 is 2.31 bits per heavy atom. The summed E-state index contributed by atoms with van der Waals surface area (Å²) in [6.45, 7) is 7.84. The summed E-state index contributed by atoms with van der Waals surface area (Å²) in [4.78, 5) is 11.7. The van der Waals surface area contributed by atoms with Crippen molar-refractivity contribution in [3.05, 3.63) is 0 Å². The van der Waals surface area contributed by atoms with Crippen LogP contribution in [0.2, 0.25) is 0 Å². The fourth-order valence-electron chi connectivity index (χ4n) is 1.54. The van der Waals surface area contributed by atoms with Crippen molar-refractivity contribution in [2.45, 2.75) is 52.0 Å². The number of nitrogens with one attached hydrogen (secondary N) is 1. The van der Waals surface area contributed by atoms with Gasteiger partial charge in [-0.25, -0.2) is 0 Å². The van der Waals surface area contributed by atoms with Crippen molar-refractivity contribution in [3.8, 4) is 0 Å². The minimum atomic E-state index is -0.234. The Hall–Kier alpha value is -0.610. The van der Waals surface area contributed by atoms with E-state index < -0.39 is 0 Å². The van der Waals surface area contributed by atoms with Crippen LogP contribution in [0, 0.1) is 0 Å². The third-order valence-corrected chi connectivity index (χ3v) is 2.97. The highest BCUT2D eigenvalue weighted by molar-refractivity contribution is 5.76. The number of nitrogens with two attached hydrogens (primary N) is 1. The van der Waals surface area contributed by atoms with Crippen LogP contribution in [-0.4, -0.2) is 31.2 Å². The molecule has 0 fully saturated rings. The van der Waals surface area contributed by atoms with E-state index in [1.54, 1.807) is 0 Å². The van der Waals surface area contributed by atoms with Crippen molar-refractivity contribution in [1.82, 2.24) is 5.32 Å². The minimum absolute atomic E-state index is 0.0326. The van der Waals surface area contributed by atoms with Crippen LogP contribution in [0.1, 0.15) is 46.5 Å².